The fourth-order valence-electron chi connectivity index (χ4n) is 3.83. The van der Waals surface area contributed by atoms with Gasteiger partial charge in [0.25, 0.3) is 0 Å². The number of methoxy groups -OCH3 is 1. The third-order valence-corrected chi connectivity index (χ3v) is 5.54. The molecule has 0 unspecified atom stereocenters. The number of aromatic nitrogens is 4. The van der Waals surface area contributed by atoms with Gasteiger partial charge in [0.05, 0.1) is 32.4 Å². The first-order chi connectivity index (χ1) is 14.6. The number of fused-ring (bicyclic) bond motifs is 1. The lowest BCUT2D eigenvalue weighted by Crippen LogP contribution is -2.38. The zero-order valence-electron chi connectivity index (χ0n) is 16.5. The van der Waals surface area contributed by atoms with Crippen molar-refractivity contribution in [3.8, 4) is 17.1 Å². The van der Waals surface area contributed by atoms with Crippen molar-refractivity contribution in [1.29, 1.82) is 0 Å². The molecule has 3 aromatic heterocycles. The van der Waals surface area contributed by atoms with Gasteiger partial charge in [0, 0.05) is 24.7 Å². The molecular weight excluding hydrogens is 394 g/mol. The zero-order chi connectivity index (χ0) is 20.7. The van der Waals surface area contributed by atoms with Gasteiger partial charge in [0.2, 0.25) is 0 Å². The molecule has 2 aliphatic rings. The van der Waals surface area contributed by atoms with Crippen molar-refractivity contribution in [2.75, 3.05) is 38.7 Å². The van der Waals surface area contributed by atoms with Gasteiger partial charge in [-0.3, -0.25) is 0 Å². The summed E-state index contributed by atoms with van der Waals surface area (Å²) in [6.07, 6.45) is 3.36. The van der Waals surface area contributed by atoms with Crippen LogP contribution in [0.3, 0.4) is 0 Å². The molecule has 0 spiro atoms. The molecule has 0 aromatic carbocycles. The maximum absolute atomic E-state index is 14.7. The van der Waals surface area contributed by atoms with E-state index < -0.39 is 11.6 Å². The molecule has 2 N–H and O–H groups in total. The van der Waals surface area contributed by atoms with Crippen molar-refractivity contribution >= 4 is 11.5 Å². The largest absolute Gasteiger partial charge is 0.495 e. The van der Waals surface area contributed by atoms with Crippen LogP contribution in [0.2, 0.25) is 0 Å². The first-order valence-corrected chi connectivity index (χ1v) is 9.98. The van der Waals surface area contributed by atoms with Gasteiger partial charge >= 0.3 is 0 Å². The Kier molecular flexibility index (Phi) is 4.95. The normalized spacial score (nSPS) is 19.6. The van der Waals surface area contributed by atoms with Crippen LogP contribution < -0.4 is 15.4 Å². The van der Waals surface area contributed by atoms with Gasteiger partial charge in [-0.25, -0.2) is 23.3 Å². The monoisotopic (exact) mass is 416 g/mol. The number of anilines is 1. The Bertz CT molecular complexity index is 1080. The summed E-state index contributed by atoms with van der Waals surface area (Å²) in [5.41, 5.74) is 1.53. The van der Waals surface area contributed by atoms with Crippen LogP contribution in [-0.2, 0) is 4.74 Å². The Morgan fingerprint density at radius 3 is 2.83 bits per heavy atom. The molecular formula is C20H22F2N6O2. The number of piperidine rings is 1. The maximum atomic E-state index is 14.7. The van der Waals surface area contributed by atoms with E-state index in [2.05, 4.69) is 25.7 Å². The van der Waals surface area contributed by atoms with Crippen LogP contribution in [0.4, 0.5) is 14.6 Å². The summed E-state index contributed by atoms with van der Waals surface area (Å²) in [5.74, 6) is -0.768. The molecule has 3 aromatic rings. The summed E-state index contributed by atoms with van der Waals surface area (Å²) in [5, 5.41) is 11.0. The molecule has 2 aliphatic heterocycles. The number of hydrogen-bond donors (Lipinski definition) is 2. The Morgan fingerprint density at radius 2 is 2.13 bits per heavy atom. The maximum Gasteiger partial charge on any atom is 0.168 e. The third kappa shape index (κ3) is 3.35. The van der Waals surface area contributed by atoms with Crippen molar-refractivity contribution in [3.05, 3.63) is 35.7 Å². The van der Waals surface area contributed by atoms with Crippen LogP contribution in [-0.4, -0.2) is 59.0 Å². The molecule has 2 fully saturated rings. The van der Waals surface area contributed by atoms with Gasteiger partial charge in [0.15, 0.2) is 23.1 Å². The summed E-state index contributed by atoms with van der Waals surface area (Å²) in [6.45, 7) is 2.74. The fourth-order valence-corrected chi connectivity index (χ4v) is 3.83. The first kappa shape index (κ1) is 19.1. The van der Waals surface area contributed by atoms with Gasteiger partial charge in [-0.15, -0.1) is 0 Å². The quantitative estimate of drug-likeness (QED) is 0.660. The average Bonchev–Trinajstić information content (AvgIpc) is 3.11. The minimum Gasteiger partial charge on any atom is -0.495 e. The lowest BCUT2D eigenvalue weighted by molar-refractivity contribution is 0.00530. The summed E-state index contributed by atoms with van der Waals surface area (Å²) in [6, 6.07) is 2.64. The molecule has 1 atom stereocenters. The van der Waals surface area contributed by atoms with E-state index in [1.54, 1.807) is 13.2 Å². The predicted octanol–water partition coefficient (Wildman–Crippen LogP) is 2.36. The molecule has 0 aliphatic carbocycles. The van der Waals surface area contributed by atoms with Crippen LogP contribution >= 0.6 is 0 Å². The molecule has 0 bridgehead atoms. The minimum atomic E-state index is -0.771. The molecule has 0 amide bonds. The molecule has 158 valence electrons. The molecule has 0 saturated carbocycles. The zero-order valence-corrected chi connectivity index (χ0v) is 16.5. The van der Waals surface area contributed by atoms with Crippen molar-refractivity contribution in [3.63, 3.8) is 0 Å². The van der Waals surface area contributed by atoms with Crippen molar-refractivity contribution in [2.24, 2.45) is 0 Å². The van der Waals surface area contributed by atoms with Crippen LogP contribution in [0.15, 0.2) is 18.3 Å². The Hall–Kier alpha value is -2.85. The number of imidazole rings is 1. The second-order valence-corrected chi connectivity index (χ2v) is 7.58. The van der Waals surface area contributed by atoms with Crippen LogP contribution in [0.25, 0.3) is 17.0 Å². The highest BCUT2D eigenvalue weighted by Crippen LogP contribution is 2.32. The van der Waals surface area contributed by atoms with E-state index in [1.807, 2.05) is 0 Å². The van der Waals surface area contributed by atoms with E-state index >= 15 is 0 Å². The van der Waals surface area contributed by atoms with E-state index in [1.165, 1.54) is 10.7 Å². The van der Waals surface area contributed by atoms with Gasteiger partial charge in [-0.1, -0.05) is 0 Å². The fraction of sp³-hybridized carbons (Fsp3) is 0.450. The summed E-state index contributed by atoms with van der Waals surface area (Å²) in [4.78, 5) is 8.58. The first-order valence-electron chi connectivity index (χ1n) is 9.98. The average molecular weight is 416 g/mol. The number of nitrogens with zero attached hydrogens (tertiary/aromatic N) is 4. The lowest BCUT2D eigenvalue weighted by Gasteiger charge is -2.26. The van der Waals surface area contributed by atoms with Gasteiger partial charge in [0.1, 0.15) is 22.8 Å². The van der Waals surface area contributed by atoms with Gasteiger partial charge < -0.3 is 20.1 Å². The molecule has 0 radical (unpaired) electrons. The molecule has 8 nitrogen and oxygen atoms in total. The number of hydrogen-bond acceptors (Lipinski definition) is 7. The summed E-state index contributed by atoms with van der Waals surface area (Å²) in [7, 11) is 1.57. The van der Waals surface area contributed by atoms with Crippen molar-refractivity contribution < 1.29 is 18.3 Å². The number of halogens is 2. The summed E-state index contributed by atoms with van der Waals surface area (Å²) >= 11 is 0. The highest BCUT2D eigenvalue weighted by molar-refractivity contribution is 5.63. The predicted molar refractivity (Wildman–Crippen MR) is 106 cm³/mol. The highest BCUT2D eigenvalue weighted by atomic mass is 19.1. The van der Waals surface area contributed by atoms with E-state index in [4.69, 9.17) is 9.47 Å². The minimum absolute atomic E-state index is 0.0105. The highest BCUT2D eigenvalue weighted by Gasteiger charge is 2.28. The third-order valence-electron chi connectivity index (χ3n) is 5.54. The van der Waals surface area contributed by atoms with E-state index in [-0.39, 0.29) is 23.5 Å². The number of pyridine rings is 1. The van der Waals surface area contributed by atoms with Crippen LogP contribution in [0.1, 0.15) is 24.5 Å². The van der Waals surface area contributed by atoms with E-state index in [0.29, 0.717) is 42.5 Å². The molecule has 5 rings (SSSR count). The lowest BCUT2D eigenvalue weighted by atomic mass is 10.0. The Balaban J connectivity index is 1.56. The van der Waals surface area contributed by atoms with Gasteiger partial charge in [-0.05, 0) is 19.4 Å². The summed E-state index contributed by atoms with van der Waals surface area (Å²) < 4.78 is 41.4. The molecule has 30 heavy (non-hydrogen) atoms. The topological polar surface area (TPSA) is 85.6 Å². The van der Waals surface area contributed by atoms with E-state index in [0.717, 1.165) is 25.5 Å². The Labute approximate surface area is 171 Å². The molecule has 5 heterocycles. The number of rotatable bonds is 5. The standard InChI is InChI=1S/C20H22F2N6O2/c1-29-16-6-17-24-8-15(28(17)27-18(16)11-9-30-10-11)19-13(21)5-14(22)20(26-19)25-12-3-2-4-23-7-12/h5-6,8,11-12,23H,2-4,7,9-10H2,1H3,(H,25,26)/t12-/m1/s1. The number of nitrogens with one attached hydrogen (secondary N) is 2. The number of ether oxygens (including phenoxy) is 2. The van der Waals surface area contributed by atoms with Gasteiger partial charge in [-0.2, -0.15) is 5.10 Å². The molecule has 10 heteroatoms. The van der Waals surface area contributed by atoms with E-state index in [9.17, 15) is 8.78 Å². The Morgan fingerprint density at radius 1 is 1.27 bits per heavy atom. The second-order valence-electron chi connectivity index (χ2n) is 7.58. The smallest absolute Gasteiger partial charge is 0.168 e. The SMILES string of the molecule is COc1cc2ncc(-c3nc(N[C@@H]4CCCNC4)c(F)cc3F)n2nc1C1COC1. The van der Waals surface area contributed by atoms with Crippen molar-refractivity contribution in [2.45, 2.75) is 24.8 Å². The molecule has 2 saturated heterocycles. The van der Waals surface area contributed by atoms with Crippen LogP contribution in [0, 0.1) is 11.6 Å². The van der Waals surface area contributed by atoms with Crippen molar-refractivity contribution in [1.82, 2.24) is 24.9 Å². The van der Waals surface area contributed by atoms with Crippen LogP contribution in [0.5, 0.6) is 5.75 Å². The second kappa shape index (κ2) is 7.77.